The Morgan fingerprint density at radius 1 is 1.42 bits per heavy atom. The van der Waals surface area contributed by atoms with Gasteiger partial charge in [-0.15, -0.1) is 0 Å². The molecule has 0 saturated carbocycles. The van der Waals surface area contributed by atoms with E-state index in [0.29, 0.717) is 5.13 Å². The molecule has 0 saturated heterocycles. The second-order valence-electron chi connectivity index (χ2n) is 2.35. The van der Waals surface area contributed by atoms with Crippen LogP contribution in [-0.4, -0.2) is 12.1 Å². The largest absolute Gasteiger partial charge is 0.374 e. The highest BCUT2D eigenvalue weighted by molar-refractivity contribution is 7.35. The number of benzene rings is 1. The lowest BCUT2D eigenvalue weighted by Gasteiger charge is -1.81. The number of anilines is 1. The lowest BCUT2D eigenvalue weighted by atomic mass is 10.3. The van der Waals surface area contributed by atoms with Crippen LogP contribution in [0.1, 0.15) is 0 Å². The highest BCUT2D eigenvalue weighted by atomic mass is 32.2. The van der Waals surface area contributed by atoms with Crippen LogP contribution in [0.3, 0.4) is 0 Å². The van der Waals surface area contributed by atoms with Crippen molar-refractivity contribution in [3.8, 4) is 0 Å². The normalized spacial score (nSPS) is 12.2. The van der Waals surface area contributed by atoms with Crippen LogP contribution < -0.4 is 9.92 Å². The van der Waals surface area contributed by atoms with E-state index in [-0.39, 0.29) is 0 Å². The Morgan fingerprint density at radius 2 is 2.17 bits per heavy atom. The first kappa shape index (κ1) is 7.52. The van der Waals surface area contributed by atoms with Gasteiger partial charge in [-0.05, 0) is 6.07 Å². The van der Waals surface area contributed by atoms with Crippen LogP contribution in [0.15, 0.2) is 24.3 Å². The van der Waals surface area contributed by atoms with E-state index in [1.807, 2.05) is 24.3 Å². The number of fused-ring (bicyclic) bond motifs is 1. The van der Waals surface area contributed by atoms with Crippen molar-refractivity contribution in [2.24, 2.45) is 0 Å². The van der Waals surface area contributed by atoms with Crippen molar-refractivity contribution >= 4 is 26.1 Å². The summed E-state index contributed by atoms with van der Waals surface area (Å²) in [5.74, 6) is 0. The topological polar surface area (TPSA) is 48.1 Å². The number of hydrogen-bond donors (Lipinski definition) is 1. The van der Waals surface area contributed by atoms with Gasteiger partial charge in [-0.25, -0.2) is 0 Å². The first-order chi connectivity index (χ1) is 5.83. The standard InChI is InChI=1S/C8H9N2OS/c1-11-12-7-5-3-2-4-6(7)10-8(12)9/h2-5H,1H3,(H2,9,10)/q+1. The molecule has 1 heterocycles. The van der Waals surface area contributed by atoms with Crippen molar-refractivity contribution in [2.45, 2.75) is 0 Å². The molecule has 2 N–H and O–H groups in total. The molecule has 0 aliphatic heterocycles. The summed E-state index contributed by atoms with van der Waals surface area (Å²) in [4.78, 5) is 4.19. The first-order valence-electron chi connectivity index (χ1n) is 3.55. The SMILES string of the molecule is CO[s+]1c(N)nc2ccccc21. The van der Waals surface area contributed by atoms with Crippen molar-refractivity contribution in [2.75, 3.05) is 12.8 Å². The third-order valence-corrected chi connectivity index (χ3v) is 3.20. The smallest absolute Gasteiger partial charge is 0.336 e. The van der Waals surface area contributed by atoms with Crippen molar-refractivity contribution in [1.29, 1.82) is 0 Å². The van der Waals surface area contributed by atoms with Gasteiger partial charge >= 0.3 is 5.13 Å². The quantitative estimate of drug-likeness (QED) is 0.680. The average molecular weight is 181 g/mol. The van der Waals surface area contributed by atoms with E-state index in [4.69, 9.17) is 9.92 Å². The van der Waals surface area contributed by atoms with Gasteiger partial charge in [0, 0.05) is 6.07 Å². The minimum Gasteiger partial charge on any atom is -0.336 e. The van der Waals surface area contributed by atoms with Crippen LogP contribution in [0.4, 0.5) is 5.13 Å². The number of nitrogens with zero attached hydrogens (tertiary/aromatic N) is 1. The van der Waals surface area contributed by atoms with E-state index in [0.717, 1.165) is 10.2 Å². The summed E-state index contributed by atoms with van der Waals surface area (Å²) in [7, 11) is 1.22. The highest BCUT2D eigenvalue weighted by Gasteiger charge is 2.20. The van der Waals surface area contributed by atoms with Gasteiger partial charge in [0.25, 0.3) is 0 Å². The maximum atomic E-state index is 5.68. The predicted octanol–water partition coefficient (Wildman–Crippen LogP) is 1.62. The fourth-order valence-electron chi connectivity index (χ4n) is 1.15. The number of nitrogens with two attached hydrogens (primary N) is 1. The molecule has 0 bridgehead atoms. The second kappa shape index (κ2) is 2.73. The molecule has 0 aliphatic carbocycles. The molecule has 2 rings (SSSR count). The molecule has 3 nitrogen and oxygen atoms in total. The summed E-state index contributed by atoms with van der Waals surface area (Å²) in [6, 6.07) is 7.84. The number of hydrogen-bond acceptors (Lipinski definition) is 3. The Labute approximate surface area is 73.0 Å². The first-order valence-corrected chi connectivity index (χ1v) is 4.70. The molecule has 1 aromatic heterocycles. The summed E-state index contributed by atoms with van der Waals surface area (Å²) < 4.78 is 6.30. The van der Waals surface area contributed by atoms with Crippen molar-refractivity contribution in [3.05, 3.63) is 24.3 Å². The Bertz CT molecular complexity index is 410. The Balaban J connectivity index is 2.81. The van der Waals surface area contributed by atoms with E-state index in [1.54, 1.807) is 7.11 Å². The Kier molecular flexibility index (Phi) is 1.71. The van der Waals surface area contributed by atoms with Gasteiger partial charge in [0.1, 0.15) is 5.52 Å². The summed E-state index contributed by atoms with van der Waals surface area (Å²) >= 11 is 0. The van der Waals surface area contributed by atoms with Gasteiger partial charge in [-0.1, -0.05) is 12.1 Å². The van der Waals surface area contributed by atoms with Crippen LogP contribution >= 0.6 is 10.8 Å². The van der Waals surface area contributed by atoms with Gasteiger partial charge in [0.05, 0.1) is 7.11 Å². The lowest BCUT2D eigenvalue weighted by molar-refractivity contribution is 0.552. The Morgan fingerprint density at radius 3 is 2.92 bits per heavy atom. The summed E-state index contributed by atoms with van der Waals surface area (Å²) in [5, 5.41) is 0.568. The molecular formula is C8H9N2OS+. The van der Waals surface area contributed by atoms with Gasteiger partial charge in [0.2, 0.25) is 4.70 Å². The van der Waals surface area contributed by atoms with E-state index >= 15 is 0 Å². The van der Waals surface area contributed by atoms with Crippen molar-refractivity contribution in [3.63, 3.8) is 0 Å². The zero-order valence-corrected chi connectivity index (χ0v) is 7.47. The molecule has 4 heteroatoms. The van der Waals surface area contributed by atoms with Gasteiger partial charge in [-0.3, -0.25) is 0 Å². The summed E-state index contributed by atoms with van der Waals surface area (Å²) in [6.45, 7) is 0. The predicted molar refractivity (Wildman–Crippen MR) is 51.1 cm³/mol. The van der Waals surface area contributed by atoms with Crippen LogP contribution in [0.25, 0.3) is 10.2 Å². The summed E-state index contributed by atoms with van der Waals surface area (Å²) in [6.07, 6.45) is 0. The monoisotopic (exact) mass is 181 g/mol. The molecule has 1 unspecified atom stereocenters. The fraction of sp³-hybridized carbons (Fsp3) is 0.125. The molecule has 1 atom stereocenters. The zero-order valence-electron chi connectivity index (χ0n) is 6.65. The zero-order chi connectivity index (χ0) is 8.55. The van der Waals surface area contributed by atoms with Gasteiger partial charge in [-0.2, -0.15) is 9.17 Å². The fourth-order valence-corrected chi connectivity index (χ4v) is 2.42. The third kappa shape index (κ3) is 0.964. The number of aromatic nitrogens is 1. The molecule has 0 spiro atoms. The minimum absolute atomic E-state index is 0.426. The van der Waals surface area contributed by atoms with E-state index < -0.39 is 10.8 Å². The van der Waals surface area contributed by atoms with Gasteiger partial charge in [0.15, 0.2) is 10.8 Å². The third-order valence-electron chi connectivity index (χ3n) is 1.65. The Hall–Kier alpha value is -1.13. The molecule has 0 aliphatic rings. The van der Waals surface area contributed by atoms with Crippen LogP contribution in [0.5, 0.6) is 0 Å². The molecule has 62 valence electrons. The van der Waals surface area contributed by atoms with Crippen LogP contribution in [0.2, 0.25) is 0 Å². The molecule has 12 heavy (non-hydrogen) atoms. The number of rotatable bonds is 1. The molecule has 1 aromatic carbocycles. The second-order valence-corrected chi connectivity index (χ2v) is 4.08. The number of nitrogen functional groups attached to an aromatic ring is 1. The van der Waals surface area contributed by atoms with Gasteiger partial charge < -0.3 is 5.73 Å². The van der Waals surface area contributed by atoms with E-state index in [9.17, 15) is 0 Å². The molecule has 2 aromatic rings. The maximum absolute atomic E-state index is 5.68. The minimum atomic E-state index is -0.426. The van der Waals surface area contributed by atoms with E-state index in [2.05, 4.69) is 4.98 Å². The lowest BCUT2D eigenvalue weighted by Crippen LogP contribution is -1.87. The summed E-state index contributed by atoms with van der Waals surface area (Å²) in [5.41, 5.74) is 6.61. The average Bonchev–Trinajstić information content (AvgIpc) is 2.40. The molecule has 0 amide bonds. The highest BCUT2D eigenvalue weighted by Crippen LogP contribution is 2.33. The van der Waals surface area contributed by atoms with Crippen LogP contribution in [0, 0.1) is 0 Å². The van der Waals surface area contributed by atoms with E-state index in [1.165, 1.54) is 0 Å². The molecule has 0 fully saturated rings. The molecule has 0 radical (unpaired) electrons. The molecular weight excluding hydrogens is 172 g/mol. The number of thiazole rings is 1. The van der Waals surface area contributed by atoms with Crippen molar-refractivity contribution < 1.29 is 4.18 Å². The van der Waals surface area contributed by atoms with Crippen LogP contribution in [-0.2, 0) is 0 Å². The number of para-hydroxylation sites is 1. The van der Waals surface area contributed by atoms with Crippen molar-refractivity contribution in [1.82, 2.24) is 4.98 Å². The maximum Gasteiger partial charge on any atom is 0.374 e.